The van der Waals surface area contributed by atoms with Gasteiger partial charge in [0.1, 0.15) is 5.56 Å². The van der Waals surface area contributed by atoms with Gasteiger partial charge in [-0.25, -0.2) is 4.79 Å². The molecular formula is C8H4N2O5. The van der Waals surface area contributed by atoms with Crippen LogP contribution in [0.25, 0.3) is 0 Å². The maximum Gasteiger partial charge on any atom is 0.339 e. The molecule has 0 aliphatic carbocycles. The summed E-state index contributed by atoms with van der Waals surface area (Å²) in [6.45, 7) is 0. The first-order valence-corrected chi connectivity index (χ1v) is 3.62. The molecular weight excluding hydrogens is 204 g/mol. The van der Waals surface area contributed by atoms with E-state index in [2.05, 4.69) is 0 Å². The fourth-order valence-electron chi connectivity index (χ4n) is 0.986. The van der Waals surface area contributed by atoms with Crippen molar-refractivity contribution in [2.45, 2.75) is 0 Å². The van der Waals surface area contributed by atoms with Gasteiger partial charge in [-0.1, -0.05) is 0 Å². The van der Waals surface area contributed by atoms with Crippen LogP contribution in [0.5, 0.6) is 5.75 Å². The van der Waals surface area contributed by atoms with Gasteiger partial charge in [-0.15, -0.1) is 0 Å². The molecule has 7 nitrogen and oxygen atoms in total. The van der Waals surface area contributed by atoms with Crippen LogP contribution in [0.1, 0.15) is 15.9 Å². The zero-order chi connectivity index (χ0) is 11.6. The first-order chi connectivity index (χ1) is 6.97. The summed E-state index contributed by atoms with van der Waals surface area (Å²) in [5.41, 5.74) is -1.66. The zero-order valence-electron chi connectivity index (χ0n) is 7.17. The van der Waals surface area contributed by atoms with Crippen LogP contribution in [0.3, 0.4) is 0 Å². The van der Waals surface area contributed by atoms with Gasteiger partial charge in [-0.2, -0.15) is 5.26 Å². The van der Waals surface area contributed by atoms with E-state index >= 15 is 0 Å². The molecule has 15 heavy (non-hydrogen) atoms. The second kappa shape index (κ2) is 3.63. The number of carbonyl (C=O) groups is 1. The first-order valence-electron chi connectivity index (χ1n) is 3.62. The van der Waals surface area contributed by atoms with Gasteiger partial charge >= 0.3 is 11.7 Å². The van der Waals surface area contributed by atoms with E-state index in [0.29, 0.717) is 0 Å². The number of nitro groups is 1. The molecule has 0 fully saturated rings. The highest BCUT2D eigenvalue weighted by Gasteiger charge is 2.22. The van der Waals surface area contributed by atoms with Crippen molar-refractivity contribution in [1.82, 2.24) is 0 Å². The number of benzene rings is 1. The van der Waals surface area contributed by atoms with Crippen molar-refractivity contribution >= 4 is 11.7 Å². The Morgan fingerprint density at radius 3 is 2.53 bits per heavy atom. The van der Waals surface area contributed by atoms with Crippen LogP contribution in [0.4, 0.5) is 5.69 Å². The fourth-order valence-corrected chi connectivity index (χ4v) is 0.986. The van der Waals surface area contributed by atoms with Crippen molar-refractivity contribution in [3.05, 3.63) is 33.4 Å². The molecule has 0 atom stereocenters. The van der Waals surface area contributed by atoms with Crippen molar-refractivity contribution in [2.75, 3.05) is 0 Å². The van der Waals surface area contributed by atoms with Gasteiger partial charge in [0.25, 0.3) is 0 Å². The molecule has 2 N–H and O–H groups in total. The summed E-state index contributed by atoms with van der Waals surface area (Å²) >= 11 is 0. The smallest absolute Gasteiger partial charge is 0.339 e. The first kappa shape index (κ1) is 10.5. The Hall–Kier alpha value is -2.62. The highest BCUT2D eigenvalue weighted by atomic mass is 16.6. The van der Waals surface area contributed by atoms with E-state index in [9.17, 15) is 20.0 Å². The van der Waals surface area contributed by atoms with Gasteiger partial charge in [-0.05, 0) is 6.07 Å². The summed E-state index contributed by atoms with van der Waals surface area (Å²) in [5, 5.41) is 36.7. The molecule has 0 aliphatic heterocycles. The summed E-state index contributed by atoms with van der Waals surface area (Å²) in [5.74, 6) is -2.49. The van der Waals surface area contributed by atoms with E-state index in [0.717, 1.165) is 12.1 Å². The van der Waals surface area contributed by atoms with Crippen LogP contribution in [-0.4, -0.2) is 21.1 Å². The minimum atomic E-state index is -1.53. The molecule has 1 aromatic rings. The predicted molar refractivity (Wildman–Crippen MR) is 46.4 cm³/mol. The number of nitro benzene ring substituents is 1. The van der Waals surface area contributed by atoms with Crippen LogP contribution < -0.4 is 0 Å². The third-order valence-electron chi connectivity index (χ3n) is 1.65. The predicted octanol–water partition coefficient (Wildman–Crippen LogP) is 0.870. The maximum atomic E-state index is 10.6. The molecule has 0 spiro atoms. The summed E-state index contributed by atoms with van der Waals surface area (Å²) < 4.78 is 0. The molecule has 0 aliphatic rings. The molecule has 76 valence electrons. The van der Waals surface area contributed by atoms with Crippen LogP contribution >= 0.6 is 0 Å². The molecule has 0 unspecified atom stereocenters. The standard InChI is InChI=1S/C8H4N2O5/c9-3-4-1-5(8(12)13)7(11)6(2-4)10(14)15/h1-2,11H,(H,12,13). The molecule has 0 aromatic heterocycles. The normalized spacial score (nSPS) is 9.27. The Kier molecular flexibility index (Phi) is 2.53. The second-order valence-electron chi connectivity index (χ2n) is 2.57. The molecule has 1 aromatic carbocycles. The lowest BCUT2D eigenvalue weighted by Crippen LogP contribution is -2.00. The Morgan fingerprint density at radius 1 is 1.53 bits per heavy atom. The highest BCUT2D eigenvalue weighted by Crippen LogP contribution is 2.30. The van der Waals surface area contributed by atoms with E-state index < -0.39 is 27.9 Å². The van der Waals surface area contributed by atoms with Crippen LogP contribution in [0.15, 0.2) is 12.1 Å². The number of carboxylic acids is 1. The van der Waals surface area contributed by atoms with Gasteiger partial charge in [0, 0.05) is 6.07 Å². The van der Waals surface area contributed by atoms with Gasteiger partial charge in [-0.3, -0.25) is 10.1 Å². The van der Waals surface area contributed by atoms with Gasteiger partial charge in [0.2, 0.25) is 5.75 Å². The number of hydrogen-bond donors (Lipinski definition) is 2. The number of aromatic carboxylic acids is 1. The topological polar surface area (TPSA) is 124 Å². The second-order valence-corrected chi connectivity index (χ2v) is 2.57. The van der Waals surface area contributed by atoms with Crippen molar-refractivity contribution in [3.8, 4) is 11.8 Å². The van der Waals surface area contributed by atoms with Gasteiger partial charge in [0.05, 0.1) is 16.6 Å². The van der Waals surface area contributed by atoms with Crippen molar-refractivity contribution in [1.29, 1.82) is 5.26 Å². The van der Waals surface area contributed by atoms with Gasteiger partial charge < -0.3 is 10.2 Å². The number of nitrogens with zero attached hydrogens (tertiary/aromatic N) is 2. The lowest BCUT2D eigenvalue weighted by atomic mass is 10.1. The third kappa shape index (κ3) is 1.83. The molecule has 0 amide bonds. The lowest BCUT2D eigenvalue weighted by molar-refractivity contribution is -0.385. The summed E-state index contributed by atoms with van der Waals surface area (Å²) in [6, 6.07) is 3.24. The average Bonchev–Trinajstić information content (AvgIpc) is 2.17. The monoisotopic (exact) mass is 208 g/mol. The van der Waals surface area contributed by atoms with Gasteiger partial charge in [0.15, 0.2) is 0 Å². The number of carboxylic acid groups (broad SMARTS) is 1. The van der Waals surface area contributed by atoms with Crippen LogP contribution in [0.2, 0.25) is 0 Å². The Bertz CT molecular complexity index is 453. The highest BCUT2D eigenvalue weighted by molar-refractivity contribution is 5.93. The minimum Gasteiger partial charge on any atom is -0.501 e. The van der Waals surface area contributed by atoms with E-state index in [1.807, 2.05) is 0 Å². The van der Waals surface area contributed by atoms with E-state index in [4.69, 9.17) is 10.4 Å². The molecule has 1 rings (SSSR count). The Morgan fingerprint density at radius 2 is 2.13 bits per heavy atom. The number of nitriles is 1. The lowest BCUT2D eigenvalue weighted by Gasteiger charge is -2.00. The molecule has 7 heteroatoms. The Balaban J connectivity index is 3.56. The number of phenols is 1. The number of hydrogen-bond acceptors (Lipinski definition) is 5. The largest absolute Gasteiger partial charge is 0.501 e. The number of aromatic hydroxyl groups is 1. The van der Waals surface area contributed by atoms with E-state index in [1.54, 1.807) is 6.07 Å². The molecule has 0 saturated heterocycles. The number of rotatable bonds is 2. The quantitative estimate of drug-likeness (QED) is 0.548. The summed E-state index contributed by atoms with van der Waals surface area (Å²) in [7, 11) is 0. The fraction of sp³-hybridized carbons (Fsp3) is 0. The SMILES string of the molecule is N#Cc1cc(C(=O)O)c(O)c([N+](=O)[O-])c1. The van der Waals surface area contributed by atoms with Crippen molar-refractivity contribution < 1.29 is 19.9 Å². The van der Waals surface area contributed by atoms with Crippen LogP contribution in [-0.2, 0) is 0 Å². The summed E-state index contributed by atoms with van der Waals surface area (Å²) in [6.07, 6.45) is 0. The van der Waals surface area contributed by atoms with E-state index in [1.165, 1.54) is 0 Å². The van der Waals surface area contributed by atoms with Crippen LogP contribution in [0, 0.1) is 21.4 Å². The maximum absolute atomic E-state index is 10.6. The zero-order valence-corrected chi connectivity index (χ0v) is 7.17. The molecule has 0 radical (unpaired) electrons. The average molecular weight is 208 g/mol. The molecule has 0 bridgehead atoms. The third-order valence-corrected chi connectivity index (χ3v) is 1.65. The summed E-state index contributed by atoms with van der Waals surface area (Å²) in [4.78, 5) is 20.0. The van der Waals surface area contributed by atoms with E-state index in [-0.39, 0.29) is 5.56 Å². The van der Waals surface area contributed by atoms with Crippen molar-refractivity contribution in [2.24, 2.45) is 0 Å². The Labute approximate surface area is 83.0 Å². The molecule has 0 heterocycles. The van der Waals surface area contributed by atoms with Crippen molar-refractivity contribution in [3.63, 3.8) is 0 Å². The molecule has 0 saturated carbocycles. The minimum absolute atomic E-state index is 0.197.